The summed E-state index contributed by atoms with van der Waals surface area (Å²) in [5.41, 5.74) is 2.41. The molecule has 4 rings (SSSR count). The number of pyridine rings is 1. The predicted octanol–water partition coefficient (Wildman–Crippen LogP) is 3.18. The van der Waals surface area contributed by atoms with Crippen molar-refractivity contribution >= 4 is 11.6 Å². The maximum Gasteiger partial charge on any atom is 0.270 e. The lowest BCUT2D eigenvalue weighted by atomic mass is 10.2. The highest BCUT2D eigenvalue weighted by atomic mass is 16.5. The number of aromatic nitrogens is 1. The number of morpholine rings is 1. The second kappa shape index (κ2) is 8.05. The summed E-state index contributed by atoms with van der Waals surface area (Å²) < 4.78 is 11.3. The van der Waals surface area contributed by atoms with Crippen molar-refractivity contribution in [2.24, 2.45) is 0 Å². The Bertz CT molecular complexity index is 881. The Kier molecular flexibility index (Phi) is 5.16. The molecule has 2 aromatic heterocycles. The van der Waals surface area contributed by atoms with Crippen LogP contribution in [0.15, 0.2) is 71.5 Å². The summed E-state index contributed by atoms with van der Waals surface area (Å²) in [6.45, 7) is 2.50. The molecule has 1 aliphatic heterocycles. The Morgan fingerprint density at radius 1 is 1.19 bits per heavy atom. The molecule has 0 spiro atoms. The summed E-state index contributed by atoms with van der Waals surface area (Å²) in [5, 5.41) is 2.92. The zero-order chi connectivity index (χ0) is 18.5. The molecule has 27 heavy (non-hydrogen) atoms. The fourth-order valence-corrected chi connectivity index (χ4v) is 3.14. The van der Waals surface area contributed by atoms with Crippen LogP contribution in [0, 0.1) is 0 Å². The van der Waals surface area contributed by atoms with Crippen LogP contribution in [0.2, 0.25) is 0 Å². The van der Waals surface area contributed by atoms with Crippen LogP contribution in [0.3, 0.4) is 0 Å². The van der Waals surface area contributed by atoms with E-state index in [9.17, 15) is 4.79 Å². The van der Waals surface area contributed by atoms with Crippen molar-refractivity contribution < 1.29 is 13.9 Å². The highest BCUT2D eigenvalue weighted by Gasteiger charge is 2.24. The van der Waals surface area contributed by atoms with E-state index in [-0.39, 0.29) is 12.0 Å². The number of carbonyl (C=O) groups is 1. The normalized spacial score (nSPS) is 16.9. The number of nitrogens with one attached hydrogen (secondary N) is 1. The van der Waals surface area contributed by atoms with Crippen LogP contribution in [-0.2, 0) is 11.3 Å². The molecule has 1 atom stereocenters. The number of hydrogen-bond acceptors (Lipinski definition) is 5. The fraction of sp³-hybridized carbons (Fsp3) is 0.238. The van der Waals surface area contributed by atoms with Gasteiger partial charge in [-0.25, -0.2) is 0 Å². The molecule has 1 aliphatic rings. The lowest BCUT2D eigenvalue weighted by Crippen LogP contribution is -2.38. The molecule has 1 unspecified atom stereocenters. The van der Waals surface area contributed by atoms with Gasteiger partial charge in [-0.05, 0) is 29.8 Å². The minimum absolute atomic E-state index is 0.114. The van der Waals surface area contributed by atoms with Crippen molar-refractivity contribution in [3.8, 4) is 0 Å². The van der Waals surface area contributed by atoms with Gasteiger partial charge in [-0.2, -0.15) is 0 Å². The molecular formula is C21H21N3O3. The maximum absolute atomic E-state index is 12.5. The van der Waals surface area contributed by atoms with Crippen molar-refractivity contribution in [3.05, 3.63) is 84.1 Å². The number of nitrogens with zero attached hydrogens (tertiary/aromatic N) is 2. The van der Waals surface area contributed by atoms with E-state index in [4.69, 9.17) is 9.15 Å². The first-order valence-electron chi connectivity index (χ1n) is 8.98. The first kappa shape index (κ1) is 17.3. The van der Waals surface area contributed by atoms with Crippen molar-refractivity contribution in [1.29, 1.82) is 0 Å². The molecular weight excluding hydrogens is 342 g/mol. The van der Waals surface area contributed by atoms with Crippen LogP contribution < -0.4 is 10.2 Å². The zero-order valence-corrected chi connectivity index (χ0v) is 14.9. The van der Waals surface area contributed by atoms with E-state index in [0.29, 0.717) is 25.4 Å². The van der Waals surface area contributed by atoms with Crippen molar-refractivity contribution in [2.75, 3.05) is 24.6 Å². The van der Waals surface area contributed by atoms with Crippen molar-refractivity contribution in [2.45, 2.75) is 12.6 Å². The molecule has 3 aromatic rings. The number of carbonyl (C=O) groups excluding carboxylic acids is 1. The van der Waals surface area contributed by atoms with Crippen LogP contribution in [0.25, 0.3) is 0 Å². The SMILES string of the molecule is O=C(NCc1ccccc1)c1cc(N2CCOC(c3ccco3)C2)ccn1. The van der Waals surface area contributed by atoms with Gasteiger partial charge in [0.15, 0.2) is 0 Å². The number of benzene rings is 1. The molecule has 1 saturated heterocycles. The van der Waals surface area contributed by atoms with E-state index in [0.717, 1.165) is 23.6 Å². The van der Waals surface area contributed by atoms with Gasteiger partial charge in [0.2, 0.25) is 0 Å². The summed E-state index contributed by atoms with van der Waals surface area (Å²) >= 11 is 0. The Balaban J connectivity index is 1.43. The van der Waals surface area contributed by atoms with Gasteiger partial charge in [-0.3, -0.25) is 9.78 Å². The molecule has 1 N–H and O–H groups in total. The topological polar surface area (TPSA) is 67.6 Å². The highest BCUT2D eigenvalue weighted by Crippen LogP contribution is 2.26. The van der Waals surface area contributed by atoms with Gasteiger partial charge in [-0.15, -0.1) is 0 Å². The minimum atomic E-state index is -0.184. The average Bonchev–Trinajstić information content (AvgIpc) is 3.28. The lowest BCUT2D eigenvalue weighted by molar-refractivity contribution is 0.0257. The molecule has 1 fully saturated rings. The van der Waals surface area contributed by atoms with Gasteiger partial charge >= 0.3 is 0 Å². The molecule has 0 aliphatic carbocycles. The monoisotopic (exact) mass is 363 g/mol. The highest BCUT2D eigenvalue weighted by molar-refractivity contribution is 5.93. The molecule has 3 heterocycles. The Morgan fingerprint density at radius 2 is 2.07 bits per heavy atom. The molecule has 6 heteroatoms. The predicted molar refractivity (Wildman–Crippen MR) is 101 cm³/mol. The average molecular weight is 363 g/mol. The Morgan fingerprint density at radius 3 is 2.89 bits per heavy atom. The number of furan rings is 1. The van der Waals surface area contributed by atoms with E-state index in [2.05, 4.69) is 15.2 Å². The van der Waals surface area contributed by atoms with Gasteiger partial charge in [0.1, 0.15) is 17.6 Å². The summed E-state index contributed by atoms with van der Waals surface area (Å²) in [6, 6.07) is 17.3. The van der Waals surface area contributed by atoms with Crippen molar-refractivity contribution in [3.63, 3.8) is 0 Å². The van der Waals surface area contributed by atoms with E-state index in [1.54, 1.807) is 12.5 Å². The molecule has 6 nitrogen and oxygen atoms in total. The standard InChI is InChI=1S/C21H21N3O3/c25-21(23-14-16-5-2-1-3-6-16)18-13-17(8-9-22-18)24-10-12-27-20(15-24)19-7-4-11-26-19/h1-9,11,13,20H,10,12,14-15H2,(H,23,25). The van der Waals surface area contributed by atoms with E-state index in [1.807, 2.05) is 54.6 Å². The maximum atomic E-state index is 12.5. The van der Waals surface area contributed by atoms with Crippen LogP contribution in [0.5, 0.6) is 0 Å². The van der Waals surface area contributed by atoms with Gasteiger partial charge in [-0.1, -0.05) is 30.3 Å². The third-order valence-electron chi connectivity index (χ3n) is 4.56. The summed E-state index contributed by atoms with van der Waals surface area (Å²) in [5.74, 6) is 0.631. The molecule has 138 valence electrons. The molecule has 0 saturated carbocycles. The summed E-state index contributed by atoms with van der Waals surface area (Å²) in [4.78, 5) is 18.9. The fourth-order valence-electron chi connectivity index (χ4n) is 3.14. The van der Waals surface area contributed by atoms with Crippen molar-refractivity contribution in [1.82, 2.24) is 10.3 Å². The second-order valence-corrected chi connectivity index (χ2v) is 6.39. The quantitative estimate of drug-likeness (QED) is 0.754. The van der Waals surface area contributed by atoms with E-state index in [1.165, 1.54) is 0 Å². The third kappa shape index (κ3) is 4.17. The van der Waals surface area contributed by atoms with Gasteiger partial charge < -0.3 is 19.4 Å². The van der Waals surface area contributed by atoms with Gasteiger partial charge in [0.05, 0.1) is 19.4 Å². The number of anilines is 1. The Hall–Kier alpha value is -3.12. The summed E-state index contributed by atoms with van der Waals surface area (Å²) in [7, 11) is 0. The first-order valence-corrected chi connectivity index (χ1v) is 8.98. The number of amides is 1. The van der Waals surface area contributed by atoms with Crippen LogP contribution in [0.4, 0.5) is 5.69 Å². The molecule has 1 amide bonds. The molecule has 0 bridgehead atoms. The largest absolute Gasteiger partial charge is 0.467 e. The summed E-state index contributed by atoms with van der Waals surface area (Å²) in [6.07, 6.45) is 3.21. The van der Waals surface area contributed by atoms with E-state index < -0.39 is 0 Å². The number of hydrogen-bond donors (Lipinski definition) is 1. The minimum Gasteiger partial charge on any atom is -0.467 e. The number of ether oxygens (including phenoxy) is 1. The van der Waals surface area contributed by atoms with Crippen LogP contribution in [0.1, 0.15) is 27.9 Å². The van der Waals surface area contributed by atoms with Gasteiger partial charge in [0.25, 0.3) is 5.91 Å². The second-order valence-electron chi connectivity index (χ2n) is 6.39. The van der Waals surface area contributed by atoms with E-state index >= 15 is 0 Å². The smallest absolute Gasteiger partial charge is 0.270 e. The molecule has 1 aromatic carbocycles. The third-order valence-corrected chi connectivity index (χ3v) is 4.56. The van der Waals surface area contributed by atoms with Gasteiger partial charge in [0, 0.05) is 25.0 Å². The molecule has 0 radical (unpaired) electrons. The number of rotatable bonds is 5. The Labute approximate surface area is 157 Å². The zero-order valence-electron chi connectivity index (χ0n) is 14.9. The first-order chi connectivity index (χ1) is 13.3. The van der Waals surface area contributed by atoms with Crippen LogP contribution >= 0.6 is 0 Å². The lowest BCUT2D eigenvalue weighted by Gasteiger charge is -2.33. The van der Waals surface area contributed by atoms with Crippen LogP contribution in [-0.4, -0.2) is 30.6 Å².